The molecule has 1 N–H and O–H groups in total. The van der Waals surface area contributed by atoms with Gasteiger partial charge in [-0.05, 0) is 6.07 Å². The first-order valence-corrected chi connectivity index (χ1v) is 3.70. The number of rotatable bonds is 3. The second-order valence-electron chi connectivity index (χ2n) is 2.60. The van der Waals surface area contributed by atoms with Crippen LogP contribution in [0.2, 0.25) is 0 Å². The molecule has 0 heterocycles. The number of carboxylic acid groups (broad SMARTS) is 1. The van der Waals surface area contributed by atoms with Gasteiger partial charge in [0.25, 0.3) is 0 Å². The lowest BCUT2D eigenvalue weighted by Gasteiger charge is -2.06. The molecule has 1 atom stereocenters. The molecule has 0 saturated heterocycles. The van der Waals surface area contributed by atoms with E-state index in [1.807, 2.05) is 0 Å². The second kappa shape index (κ2) is 3.95. The van der Waals surface area contributed by atoms with Crippen molar-refractivity contribution in [1.82, 2.24) is 0 Å². The zero-order valence-electron chi connectivity index (χ0n) is 6.91. The normalized spacial score (nSPS) is 12.1. The van der Waals surface area contributed by atoms with E-state index in [1.54, 1.807) is 0 Å². The number of hydrogen-bond donors (Lipinski definition) is 1. The molecule has 0 fully saturated rings. The van der Waals surface area contributed by atoms with Gasteiger partial charge in [0.15, 0.2) is 11.6 Å². The van der Waals surface area contributed by atoms with Crippen LogP contribution >= 0.6 is 0 Å². The monoisotopic (exact) mass is 200 g/mol. The third-order valence-electron chi connectivity index (χ3n) is 1.72. The minimum atomic E-state index is -1.66. The maximum absolute atomic E-state index is 13.0. The maximum atomic E-state index is 13.0. The van der Waals surface area contributed by atoms with Crippen molar-refractivity contribution in [2.45, 2.75) is 5.92 Å². The molecule has 0 spiro atoms. The first-order chi connectivity index (χ1) is 6.57. The van der Waals surface area contributed by atoms with Crippen molar-refractivity contribution in [2.75, 3.05) is 0 Å². The number of benzene rings is 1. The smallest absolute Gasteiger partial charge is 0.318 e. The molecule has 0 aliphatic rings. The lowest BCUT2D eigenvalue weighted by atomic mass is 10.0. The molecule has 0 aromatic heterocycles. The summed E-state index contributed by atoms with van der Waals surface area (Å²) in [5.74, 6) is -5.64. The Morgan fingerprint density at radius 3 is 2.57 bits per heavy atom. The van der Waals surface area contributed by atoms with Gasteiger partial charge < -0.3 is 9.90 Å². The summed E-state index contributed by atoms with van der Waals surface area (Å²) in [7, 11) is 0. The van der Waals surface area contributed by atoms with Crippen molar-refractivity contribution in [2.24, 2.45) is 0 Å². The van der Waals surface area contributed by atoms with Gasteiger partial charge in [0.2, 0.25) is 0 Å². The standard InChI is InChI=1S/C9H6F2O3/c10-7-3-1-2-5(8(7)11)6(4-12)9(13)14/h1-4,6H,(H,13,14). The molecule has 14 heavy (non-hydrogen) atoms. The molecule has 3 nitrogen and oxygen atoms in total. The number of carbonyl (C=O) groups excluding carboxylic acids is 1. The average Bonchev–Trinajstić information content (AvgIpc) is 2.13. The third-order valence-corrected chi connectivity index (χ3v) is 1.72. The Morgan fingerprint density at radius 2 is 2.07 bits per heavy atom. The van der Waals surface area contributed by atoms with Crippen LogP contribution < -0.4 is 0 Å². The van der Waals surface area contributed by atoms with Crippen molar-refractivity contribution in [3.63, 3.8) is 0 Å². The highest BCUT2D eigenvalue weighted by atomic mass is 19.2. The Bertz CT molecular complexity index is 376. The van der Waals surface area contributed by atoms with Crippen LogP contribution in [0.15, 0.2) is 18.2 Å². The molecular formula is C9H6F2O3. The molecule has 0 amide bonds. The topological polar surface area (TPSA) is 54.4 Å². The quantitative estimate of drug-likeness (QED) is 0.591. The lowest BCUT2D eigenvalue weighted by Crippen LogP contribution is -2.15. The fourth-order valence-corrected chi connectivity index (χ4v) is 1.03. The van der Waals surface area contributed by atoms with Crippen molar-refractivity contribution in [3.05, 3.63) is 35.4 Å². The van der Waals surface area contributed by atoms with Gasteiger partial charge >= 0.3 is 5.97 Å². The molecule has 0 aliphatic carbocycles. The summed E-state index contributed by atoms with van der Waals surface area (Å²) in [6.07, 6.45) is 0.0557. The van der Waals surface area contributed by atoms with Crippen molar-refractivity contribution in [1.29, 1.82) is 0 Å². The summed E-state index contributed by atoms with van der Waals surface area (Å²) >= 11 is 0. The minimum Gasteiger partial charge on any atom is -0.480 e. The highest BCUT2D eigenvalue weighted by Crippen LogP contribution is 2.19. The summed E-state index contributed by atoms with van der Waals surface area (Å²) in [4.78, 5) is 20.8. The first kappa shape index (κ1) is 10.3. The number of aldehydes is 1. The Labute approximate surface area is 78.0 Å². The van der Waals surface area contributed by atoms with Crippen LogP contribution in [0.5, 0.6) is 0 Å². The van der Waals surface area contributed by atoms with Crippen LogP contribution in [0.3, 0.4) is 0 Å². The molecule has 1 unspecified atom stereocenters. The van der Waals surface area contributed by atoms with E-state index < -0.39 is 29.1 Å². The van der Waals surface area contributed by atoms with Crippen LogP contribution in [0.1, 0.15) is 11.5 Å². The van der Waals surface area contributed by atoms with Crippen LogP contribution in [0.4, 0.5) is 8.78 Å². The Balaban J connectivity index is 3.23. The molecule has 1 aromatic rings. The van der Waals surface area contributed by atoms with E-state index >= 15 is 0 Å². The fraction of sp³-hybridized carbons (Fsp3) is 0.111. The van der Waals surface area contributed by atoms with Crippen LogP contribution in [0.25, 0.3) is 0 Å². The summed E-state index contributed by atoms with van der Waals surface area (Å²) in [6, 6.07) is 3.06. The SMILES string of the molecule is O=CC(C(=O)O)c1cccc(F)c1F. The first-order valence-electron chi connectivity index (χ1n) is 3.70. The molecule has 0 radical (unpaired) electrons. The largest absolute Gasteiger partial charge is 0.480 e. The van der Waals surface area contributed by atoms with E-state index in [0.29, 0.717) is 0 Å². The summed E-state index contributed by atoms with van der Waals surface area (Å²) in [6.45, 7) is 0. The van der Waals surface area contributed by atoms with Gasteiger partial charge in [-0.3, -0.25) is 4.79 Å². The van der Waals surface area contributed by atoms with Crippen molar-refractivity contribution < 1.29 is 23.5 Å². The number of carbonyl (C=O) groups is 2. The van der Waals surface area contributed by atoms with E-state index in [-0.39, 0.29) is 6.29 Å². The highest BCUT2D eigenvalue weighted by Gasteiger charge is 2.23. The van der Waals surface area contributed by atoms with Gasteiger partial charge in [-0.15, -0.1) is 0 Å². The van der Waals surface area contributed by atoms with E-state index in [0.717, 1.165) is 18.2 Å². The number of carboxylic acids is 1. The van der Waals surface area contributed by atoms with Crippen LogP contribution in [0, 0.1) is 11.6 Å². The van der Waals surface area contributed by atoms with Crippen molar-refractivity contribution in [3.8, 4) is 0 Å². The molecular weight excluding hydrogens is 194 g/mol. The zero-order chi connectivity index (χ0) is 10.7. The van der Waals surface area contributed by atoms with Gasteiger partial charge in [0, 0.05) is 5.56 Å². The lowest BCUT2D eigenvalue weighted by molar-refractivity contribution is -0.140. The number of hydrogen-bond acceptors (Lipinski definition) is 2. The fourth-order valence-electron chi connectivity index (χ4n) is 1.03. The highest BCUT2D eigenvalue weighted by molar-refractivity contribution is 5.92. The Kier molecular flexibility index (Phi) is 2.91. The predicted octanol–water partition coefficient (Wildman–Crippen LogP) is 1.33. The summed E-state index contributed by atoms with van der Waals surface area (Å²) in [5.41, 5.74) is -0.465. The molecule has 0 aliphatic heterocycles. The van der Waals surface area contributed by atoms with E-state index in [4.69, 9.17) is 5.11 Å². The Hall–Kier alpha value is -1.78. The molecule has 74 valence electrons. The van der Waals surface area contributed by atoms with E-state index in [2.05, 4.69) is 0 Å². The van der Waals surface area contributed by atoms with Crippen molar-refractivity contribution >= 4 is 12.3 Å². The summed E-state index contributed by atoms with van der Waals surface area (Å²) < 4.78 is 25.7. The number of halogens is 2. The van der Waals surface area contributed by atoms with Gasteiger partial charge in [-0.25, -0.2) is 8.78 Å². The minimum absolute atomic E-state index is 0.0557. The third kappa shape index (κ3) is 1.76. The predicted molar refractivity (Wildman–Crippen MR) is 42.8 cm³/mol. The average molecular weight is 200 g/mol. The van der Waals surface area contributed by atoms with Gasteiger partial charge in [-0.2, -0.15) is 0 Å². The van der Waals surface area contributed by atoms with Gasteiger partial charge in [-0.1, -0.05) is 12.1 Å². The molecule has 1 aromatic carbocycles. The second-order valence-corrected chi connectivity index (χ2v) is 2.60. The van der Waals surface area contributed by atoms with Crippen LogP contribution in [-0.2, 0) is 9.59 Å². The zero-order valence-corrected chi connectivity index (χ0v) is 6.91. The van der Waals surface area contributed by atoms with Gasteiger partial charge in [0.05, 0.1) is 0 Å². The maximum Gasteiger partial charge on any atom is 0.318 e. The van der Waals surface area contributed by atoms with E-state index in [9.17, 15) is 18.4 Å². The summed E-state index contributed by atoms with van der Waals surface area (Å²) in [5, 5.41) is 8.52. The molecule has 0 saturated carbocycles. The molecule has 5 heteroatoms. The van der Waals surface area contributed by atoms with E-state index in [1.165, 1.54) is 0 Å². The van der Waals surface area contributed by atoms with Crippen LogP contribution in [-0.4, -0.2) is 17.4 Å². The molecule has 0 bridgehead atoms. The van der Waals surface area contributed by atoms with Gasteiger partial charge in [0.1, 0.15) is 12.2 Å². The Morgan fingerprint density at radius 1 is 1.43 bits per heavy atom. The number of aliphatic carboxylic acids is 1. The molecule has 1 rings (SSSR count).